The van der Waals surface area contributed by atoms with Gasteiger partial charge in [-0.15, -0.1) is 0 Å². The van der Waals surface area contributed by atoms with Crippen molar-refractivity contribution in [2.75, 3.05) is 31.7 Å². The molecule has 1 aliphatic heterocycles. The molecule has 3 rings (SSSR count). The summed E-state index contributed by atoms with van der Waals surface area (Å²) in [6.07, 6.45) is -0.986. The van der Waals surface area contributed by atoms with Crippen LogP contribution in [0.5, 0.6) is 23.0 Å². The molecule has 0 spiro atoms. The van der Waals surface area contributed by atoms with Gasteiger partial charge in [0.05, 0.1) is 6.61 Å². The van der Waals surface area contributed by atoms with E-state index in [1.165, 1.54) is 6.92 Å². The Morgan fingerprint density at radius 1 is 1.00 bits per heavy atom. The Morgan fingerprint density at radius 3 is 2.34 bits per heavy atom. The molecule has 0 radical (unpaired) electrons. The van der Waals surface area contributed by atoms with Crippen molar-refractivity contribution in [2.45, 2.75) is 20.0 Å². The van der Waals surface area contributed by atoms with Gasteiger partial charge in [0.2, 0.25) is 0 Å². The van der Waals surface area contributed by atoms with E-state index in [1.54, 1.807) is 42.5 Å². The number of anilines is 1. The summed E-state index contributed by atoms with van der Waals surface area (Å²) >= 11 is 0. The zero-order valence-corrected chi connectivity index (χ0v) is 16.3. The van der Waals surface area contributed by atoms with Crippen molar-refractivity contribution < 1.29 is 33.3 Å². The van der Waals surface area contributed by atoms with E-state index in [2.05, 4.69) is 5.32 Å². The van der Waals surface area contributed by atoms with Crippen LogP contribution in [0.3, 0.4) is 0 Å². The number of hydrogen-bond acceptors (Lipinski definition) is 7. The van der Waals surface area contributed by atoms with Gasteiger partial charge < -0.3 is 29.0 Å². The average Bonchev–Trinajstić information content (AvgIpc) is 2.73. The van der Waals surface area contributed by atoms with E-state index in [0.717, 1.165) is 0 Å². The van der Waals surface area contributed by atoms with Gasteiger partial charge >= 0.3 is 5.97 Å². The lowest BCUT2D eigenvalue weighted by atomic mass is 10.2. The van der Waals surface area contributed by atoms with E-state index in [-0.39, 0.29) is 6.61 Å². The highest BCUT2D eigenvalue weighted by Crippen LogP contribution is 2.32. The Bertz CT molecular complexity index is 851. The smallest absolute Gasteiger partial charge is 0.344 e. The van der Waals surface area contributed by atoms with Gasteiger partial charge in [-0.25, -0.2) is 4.79 Å². The van der Waals surface area contributed by atoms with Gasteiger partial charge in [-0.1, -0.05) is 0 Å². The van der Waals surface area contributed by atoms with Crippen LogP contribution in [0.4, 0.5) is 5.69 Å². The Hall–Kier alpha value is -3.42. The fourth-order valence-electron chi connectivity index (χ4n) is 2.59. The third-order valence-electron chi connectivity index (χ3n) is 3.98. The number of amides is 1. The lowest BCUT2D eigenvalue weighted by Gasteiger charge is -2.19. The molecule has 29 heavy (non-hydrogen) atoms. The fraction of sp³-hybridized carbons (Fsp3) is 0.333. The molecule has 154 valence electrons. The second-order valence-electron chi connectivity index (χ2n) is 6.17. The molecule has 0 bridgehead atoms. The number of hydrogen-bond donors (Lipinski definition) is 1. The van der Waals surface area contributed by atoms with E-state index in [0.29, 0.717) is 48.5 Å². The molecule has 1 atom stereocenters. The molecule has 2 aromatic rings. The number of nitrogens with one attached hydrogen (secondary N) is 1. The van der Waals surface area contributed by atoms with Crippen LogP contribution < -0.4 is 24.3 Å². The summed E-state index contributed by atoms with van der Waals surface area (Å²) in [4.78, 5) is 24.2. The fourth-order valence-corrected chi connectivity index (χ4v) is 2.59. The van der Waals surface area contributed by atoms with Gasteiger partial charge in [0, 0.05) is 11.8 Å². The molecular weight excluding hydrogens is 378 g/mol. The largest absolute Gasteiger partial charge is 0.494 e. The van der Waals surface area contributed by atoms with Crippen molar-refractivity contribution >= 4 is 17.6 Å². The van der Waals surface area contributed by atoms with E-state index >= 15 is 0 Å². The van der Waals surface area contributed by atoms with Crippen molar-refractivity contribution in [1.29, 1.82) is 0 Å². The van der Waals surface area contributed by atoms with Crippen LogP contribution in [0, 0.1) is 0 Å². The maximum Gasteiger partial charge on any atom is 0.344 e. The van der Waals surface area contributed by atoms with Gasteiger partial charge in [0.15, 0.2) is 24.2 Å². The molecule has 0 fully saturated rings. The van der Waals surface area contributed by atoms with Gasteiger partial charge in [-0.3, -0.25) is 4.79 Å². The molecule has 1 aliphatic rings. The van der Waals surface area contributed by atoms with E-state index < -0.39 is 18.0 Å². The third kappa shape index (κ3) is 5.78. The molecule has 0 aromatic heterocycles. The first-order valence-corrected chi connectivity index (χ1v) is 9.31. The Kier molecular flexibility index (Phi) is 6.78. The van der Waals surface area contributed by atoms with Crippen LogP contribution >= 0.6 is 0 Å². The van der Waals surface area contributed by atoms with Gasteiger partial charge in [0.1, 0.15) is 24.7 Å². The Morgan fingerprint density at radius 2 is 1.66 bits per heavy atom. The summed E-state index contributed by atoms with van der Waals surface area (Å²) in [6, 6.07) is 11.9. The minimum atomic E-state index is -0.986. The quantitative estimate of drug-likeness (QED) is 0.680. The molecule has 8 heteroatoms. The standard InChI is InChI=1S/C21H23NO7/c1-3-25-16-5-7-17(8-6-16)28-13-20(23)29-14(2)21(24)22-15-4-9-18-19(12-15)27-11-10-26-18/h4-9,12,14H,3,10-11,13H2,1-2H3,(H,22,24)/t14-/m1/s1. The number of carbonyl (C=O) groups is 2. The number of fused-ring (bicyclic) bond motifs is 1. The predicted molar refractivity (Wildman–Crippen MR) is 105 cm³/mol. The first-order chi connectivity index (χ1) is 14.0. The topological polar surface area (TPSA) is 92.3 Å². The van der Waals surface area contributed by atoms with Gasteiger partial charge in [-0.05, 0) is 50.2 Å². The molecular formula is C21H23NO7. The second kappa shape index (κ2) is 9.68. The lowest BCUT2D eigenvalue weighted by molar-refractivity contribution is -0.155. The van der Waals surface area contributed by atoms with Gasteiger partial charge in [-0.2, -0.15) is 0 Å². The molecule has 1 N–H and O–H groups in total. The van der Waals surface area contributed by atoms with Crippen molar-refractivity contribution in [3.63, 3.8) is 0 Å². The zero-order chi connectivity index (χ0) is 20.6. The lowest BCUT2D eigenvalue weighted by Crippen LogP contribution is -2.31. The predicted octanol–water partition coefficient (Wildman–Crippen LogP) is 2.81. The Balaban J connectivity index is 1.45. The highest BCUT2D eigenvalue weighted by atomic mass is 16.6. The van der Waals surface area contributed by atoms with Gasteiger partial charge in [0.25, 0.3) is 5.91 Å². The molecule has 0 aliphatic carbocycles. The van der Waals surface area contributed by atoms with Crippen molar-refractivity contribution in [2.24, 2.45) is 0 Å². The number of rotatable bonds is 8. The van der Waals surface area contributed by atoms with Crippen molar-refractivity contribution in [3.8, 4) is 23.0 Å². The monoisotopic (exact) mass is 401 g/mol. The summed E-state index contributed by atoms with van der Waals surface area (Å²) in [6.45, 7) is 4.58. The first kappa shape index (κ1) is 20.3. The summed E-state index contributed by atoms with van der Waals surface area (Å²) in [5, 5.41) is 2.68. The molecule has 0 saturated carbocycles. The van der Waals surface area contributed by atoms with Crippen LogP contribution in [0.15, 0.2) is 42.5 Å². The highest BCUT2D eigenvalue weighted by Gasteiger charge is 2.19. The molecule has 0 saturated heterocycles. The Labute approximate surface area is 168 Å². The molecule has 8 nitrogen and oxygen atoms in total. The minimum absolute atomic E-state index is 0.310. The number of ether oxygens (including phenoxy) is 5. The number of carbonyl (C=O) groups excluding carboxylic acids is 2. The molecule has 1 heterocycles. The summed E-state index contributed by atoms with van der Waals surface area (Å²) < 4.78 is 26.7. The van der Waals surface area contributed by atoms with Crippen molar-refractivity contribution in [3.05, 3.63) is 42.5 Å². The zero-order valence-electron chi connectivity index (χ0n) is 16.3. The summed E-state index contributed by atoms with van der Waals surface area (Å²) in [5.41, 5.74) is 0.521. The minimum Gasteiger partial charge on any atom is -0.494 e. The maximum absolute atomic E-state index is 12.3. The van der Waals surface area contributed by atoms with Crippen LogP contribution in [0.1, 0.15) is 13.8 Å². The van der Waals surface area contributed by atoms with Crippen molar-refractivity contribution in [1.82, 2.24) is 0 Å². The van der Waals surface area contributed by atoms with Crippen LogP contribution in [-0.2, 0) is 14.3 Å². The van der Waals surface area contributed by atoms with E-state index in [1.807, 2.05) is 6.92 Å². The maximum atomic E-state index is 12.3. The molecule has 0 unspecified atom stereocenters. The normalized spacial score (nSPS) is 13.2. The van der Waals surface area contributed by atoms with Crippen LogP contribution in [-0.4, -0.2) is 44.4 Å². The molecule has 1 amide bonds. The van der Waals surface area contributed by atoms with Crippen LogP contribution in [0.25, 0.3) is 0 Å². The number of esters is 1. The number of benzene rings is 2. The van der Waals surface area contributed by atoms with E-state index in [9.17, 15) is 9.59 Å². The first-order valence-electron chi connectivity index (χ1n) is 9.31. The van der Waals surface area contributed by atoms with Crippen LogP contribution in [0.2, 0.25) is 0 Å². The molecule has 2 aromatic carbocycles. The van der Waals surface area contributed by atoms with E-state index in [4.69, 9.17) is 23.7 Å². The third-order valence-corrected chi connectivity index (χ3v) is 3.98. The summed E-state index contributed by atoms with van der Waals surface area (Å²) in [5.74, 6) is 1.29. The highest BCUT2D eigenvalue weighted by molar-refractivity contribution is 5.95. The second-order valence-corrected chi connectivity index (χ2v) is 6.17. The SMILES string of the molecule is CCOc1ccc(OCC(=O)O[C@H](C)C(=O)Nc2ccc3c(c2)OCCO3)cc1. The summed E-state index contributed by atoms with van der Waals surface area (Å²) in [7, 11) is 0. The average molecular weight is 401 g/mol.